The molecule has 0 saturated carbocycles. The van der Waals surface area contributed by atoms with E-state index >= 15 is 0 Å². The van der Waals surface area contributed by atoms with Crippen LogP contribution >= 0.6 is 11.8 Å². The zero-order valence-corrected chi connectivity index (χ0v) is 14.0. The molecule has 3 amide bonds. The van der Waals surface area contributed by atoms with E-state index < -0.39 is 5.25 Å². The predicted octanol–water partition coefficient (Wildman–Crippen LogP) is 0.703. The summed E-state index contributed by atoms with van der Waals surface area (Å²) in [5.41, 5.74) is 0.752. The van der Waals surface area contributed by atoms with Crippen molar-refractivity contribution in [1.29, 1.82) is 0 Å². The number of aromatic nitrogens is 4. The molecule has 1 atom stereocenters. The molecule has 2 aromatic rings. The van der Waals surface area contributed by atoms with Gasteiger partial charge in [-0.3, -0.25) is 9.69 Å². The molecule has 0 radical (unpaired) electrons. The molecule has 9 nitrogen and oxygen atoms in total. The first-order chi connectivity index (χ1) is 11.6. The number of benzene rings is 1. The fraction of sp³-hybridized carbons (Fsp3) is 0.357. The second-order valence-electron chi connectivity index (χ2n) is 5.05. The van der Waals surface area contributed by atoms with Crippen molar-refractivity contribution in [1.82, 2.24) is 30.4 Å². The maximum absolute atomic E-state index is 12.4. The van der Waals surface area contributed by atoms with Crippen molar-refractivity contribution >= 4 is 23.7 Å². The van der Waals surface area contributed by atoms with Crippen molar-refractivity contribution in [2.75, 3.05) is 20.2 Å². The third-order valence-electron chi connectivity index (χ3n) is 3.51. The summed E-state index contributed by atoms with van der Waals surface area (Å²) in [6, 6.07) is 6.88. The Morgan fingerprint density at radius 3 is 2.75 bits per heavy atom. The standard InChI is InChI=1S/C14H16N6O3S/c1-9(12(21)19-8-7-15-13(19)22)24-14-16-17-18-20(14)10-3-5-11(23-2)6-4-10/h3-6,9H,7-8H2,1-2H3,(H,15,22)/t9-/m1/s1. The summed E-state index contributed by atoms with van der Waals surface area (Å²) in [5, 5.41) is 14.2. The Bertz CT molecular complexity index is 747. The first-order valence-electron chi connectivity index (χ1n) is 7.29. The number of ether oxygens (including phenoxy) is 1. The van der Waals surface area contributed by atoms with Gasteiger partial charge in [-0.1, -0.05) is 11.8 Å². The number of urea groups is 1. The van der Waals surface area contributed by atoms with E-state index in [0.717, 1.165) is 11.4 Å². The highest BCUT2D eigenvalue weighted by Crippen LogP contribution is 2.25. The number of nitrogens with one attached hydrogen (secondary N) is 1. The van der Waals surface area contributed by atoms with Crippen LogP contribution in [0.3, 0.4) is 0 Å². The SMILES string of the molecule is COc1ccc(-n2nnnc2S[C@H](C)C(=O)N2CCNC2=O)cc1. The highest BCUT2D eigenvalue weighted by Gasteiger charge is 2.31. The summed E-state index contributed by atoms with van der Waals surface area (Å²) >= 11 is 1.20. The fourth-order valence-corrected chi connectivity index (χ4v) is 3.12. The zero-order chi connectivity index (χ0) is 17.1. The molecule has 0 aliphatic carbocycles. The van der Waals surface area contributed by atoms with Gasteiger partial charge in [0.15, 0.2) is 0 Å². The molecule has 1 aromatic heterocycles. The lowest BCUT2D eigenvalue weighted by Gasteiger charge is -2.16. The lowest BCUT2D eigenvalue weighted by atomic mass is 10.3. The zero-order valence-electron chi connectivity index (χ0n) is 13.2. The van der Waals surface area contributed by atoms with Gasteiger partial charge in [0.1, 0.15) is 5.75 Å². The van der Waals surface area contributed by atoms with Gasteiger partial charge in [0, 0.05) is 13.1 Å². The van der Waals surface area contributed by atoms with Crippen molar-refractivity contribution < 1.29 is 14.3 Å². The average molecular weight is 348 g/mol. The van der Waals surface area contributed by atoms with Crippen LogP contribution in [0.25, 0.3) is 5.69 Å². The Labute approximate surface area is 142 Å². The molecule has 0 unspecified atom stereocenters. The van der Waals surface area contributed by atoms with Gasteiger partial charge >= 0.3 is 6.03 Å². The summed E-state index contributed by atoms with van der Waals surface area (Å²) in [7, 11) is 1.59. The van der Waals surface area contributed by atoms with Crippen molar-refractivity contribution in [3.05, 3.63) is 24.3 Å². The van der Waals surface area contributed by atoms with E-state index in [1.54, 1.807) is 26.2 Å². The maximum atomic E-state index is 12.4. The molecule has 126 valence electrons. The lowest BCUT2D eigenvalue weighted by molar-refractivity contribution is -0.126. The first kappa shape index (κ1) is 16.2. The number of amides is 3. The summed E-state index contributed by atoms with van der Waals surface area (Å²) in [4.78, 5) is 25.2. The molecule has 1 aliphatic rings. The van der Waals surface area contributed by atoms with E-state index in [9.17, 15) is 9.59 Å². The average Bonchev–Trinajstić information content (AvgIpc) is 3.23. The normalized spacial score (nSPS) is 15.2. The van der Waals surface area contributed by atoms with E-state index in [1.165, 1.54) is 21.3 Å². The van der Waals surface area contributed by atoms with Gasteiger partial charge in [-0.05, 0) is 41.6 Å². The molecular formula is C14H16N6O3S. The molecule has 24 heavy (non-hydrogen) atoms. The van der Waals surface area contributed by atoms with Crippen LogP contribution in [-0.4, -0.2) is 62.5 Å². The van der Waals surface area contributed by atoms with E-state index in [1.807, 2.05) is 12.1 Å². The number of hydrogen-bond donors (Lipinski definition) is 1. The van der Waals surface area contributed by atoms with Gasteiger partial charge < -0.3 is 10.1 Å². The van der Waals surface area contributed by atoms with Crippen LogP contribution in [0.2, 0.25) is 0 Å². The van der Waals surface area contributed by atoms with Crippen molar-refractivity contribution in [3.8, 4) is 11.4 Å². The number of tetrazole rings is 1. The number of nitrogens with zero attached hydrogens (tertiary/aromatic N) is 5. The van der Waals surface area contributed by atoms with Crippen LogP contribution in [0.4, 0.5) is 4.79 Å². The number of imide groups is 1. The largest absolute Gasteiger partial charge is 0.497 e. The molecular weight excluding hydrogens is 332 g/mol. The first-order valence-corrected chi connectivity index (χ1v) is 8.17. The van der Waals surface area contributed by atoms with E-state index in [4.69, 9.17) is 4.74 Å². The second-order valence-corrected chi connectivity index (χ2v) is 6.36. The van der Waals surface area contributed by atoms with Gasteiger partial charge in [0.25, 0.3) is 0 Å². The van der Waals surface area contributed by atoms with Crippen LogP contribution < -0.4 is 10.1 Å². The Balaban J connectivity index is 1.75. The highest BCUT2D eigenvalue weighted by atomic mass is 32.2. The molecule has 3 rings (SSSR count). The number of carbonyl (C=O) groups excluding carboxylic acids is 2. The molecule has 2 heterocycles. The number of thioether (sulfide) groups is 1. The smallest absolute Gasteiger partial charge is 0.324 e. The monoisotopic (exact) mass is 348 g/mol. The molecule has 1 aliphatic heterocycles. The number of methoxy groups -OCH3 is 1. The Kier molecular flexibility index (Phi) is 4.65. The molecule has 0 bridgehead atoms. The second kappa shape index (κ2) is 6.87. The third-order valence-corrected chi connectivity index (χ3v) is 4.53. The molecule has 1 N–H and O–H groups in total. The molecule has 0 spiro atoms. The fourth-order valence-electron chi connectivity index (χ4n) is 2.25. The number of carbonyl (C=O) groups is 2. The molecule has 1 aromatic carbocycles. The van der Waals surface area contributed by atoms with Crippen LogP contribution in [0.15, 0.2) is 29.4 Å². The van der Waals surface area contributed by atoms with Crippen LogP contribution in [-0.2, 0) is 4.79 Å². The summed E-state index contributed by atoms with van der Waals surface area (Å²) in [6.45, 7) is 2.59. The summed E-state index contributed by atoms with van der Waals surface area (Å²) in [5.74, 6) is 0.462. The predicted molar refractivity (Wildman–Crippen MR) is 86.1 cm³/mol. The quantitative estimate of drug-likeness (QED) is 0.794. The minimum Gasteiger partial charge on any atom is -0.497 e. The van der Waals surface area contributed by atoms with E-state index in [0.29, 0.717) is 18.2 Å². The number of rotatable bonds is 5. The van der Waals surface area contributed by atoms with Gasteiger partial charge in [-0.25, -0.2) is 4.79 Å². The van der Waals surface area contributed by atoms with E-state index in [2.05, 4.69) is 20.8 Å². The van der Waals surface area contributed by atoms with Crippen molar-refractivity contribution in [2.45, 2.75) is 17.3 Å². The number of hydrogen-bond acceptors (Lipinski definition) is 7. The molecule has 10 heteroatoms. The Hall–Kier alpha value is -2.62. The van der Waals surface area contributed by atoms with Crippen LogP contribution in [0.1, 0.15) is 6.92 Å². The minimum atomic E-state index is -0.489. The lowest BCUT2D eigenvalue weighted by Crippen LogP contribution is -2.39. The maximum Gasteiger partial charge on any atom is 0.324 e. The van der Waals surface area contributed by atoms with Crippen LogP contribution in [0.5, 0.6) is 5.75 Å². The van der Waals surface area contributed by atoms with Gasteiger partial charge in [-0.2, -0.15) is 4.68 Å². The summed E-state index contributed by atoms with van der Waals surface area (Å²) in [6.07, 6.45) is 0. The van der Waals surface area contributed by atoms with E-state index in [-0.39, 0.29) is 11.9 Å². The summed E-state index contributed by atoms with van der Waals surface area (Å²) < 4.78 is 6.67. The minimum absolute atomic E-state index is 0.265. The molecule has 1 fully saturated rings. The van der Waals surface area contributed by atoms with Gasteiger partial charge in [-0.15, -0.1) is 5.10 Å². The Morgan fingerprint density at radius 1 is 1.38 bits per heavy atom. The van der Waals surface area contributed by atoms with Crippen LogP contribution in [0, 0.1) is 0 Å². The topological polar surface area (TPSA) is 102 Å². The highest BCUT2D eigenvalue weighted by molar-refractivity contribution is 8.00. The van der Waals surface area contributed by atoms with Crippen molar-refractivity contribution in [2.24, 2.45) is 0 Å². The Morgan fingerprint density at radius 2 is 2.12 bits per heavy atom. The van der Waals surface area contributed by atoms with Gasteiger partial charge in [0.2, 0.25) is 11.1 Å². The molecule has 1 saturated heterocycles. The van der Waals surface area contributed by atoms with Crippen molar-refractivity contribution in [3.63, 3.8) is 0 Å². The van der Waals surface area contributed by atoms with Gasteiger partial charge in [0.05, 0.1) is 18.0 Å². The third kappa shape index (κ3) is 3.18.